The summed E-state index contributed by atoms with van der Waals surface area (Å²) in [4.78, 5) is 13.1. The van der Waals surface area contributed by atoms with Crippen molar-refractivity contribution in [3.63, 3.8) is 0 Å². The molecule has 0 saturated heterocycles. The quantitative estimate of drug-likeness (QED) is 0.910. The second-order valence-electron chi connectivity index (χ2n) is 4.86. The Morgan fingerprint density at radius 3 is 2.63 bits per heavy atom. The lowest BCUT2D eigenvalue weighted by molar-refractivity contribution is 0.849. The number of nitrogens with zero attached hydrogens (tertiary/aromatic N) is 3. The second kappa shape index (κ2) is 5.78. The molecular formula is C15H20N4. The maximum absolute atomic E-state index is 4.48. The van der Waals surface area contributed by atoms with Gasteiger partial charge in [-0.05, 0) is 31.9 Å². The maximum atomic E-state index is 4.48. The predicted octanol–water partition coefficient (Wildman–Crippen LogP) is 3.40. The Hall–Kier alpha value is -1.97. The fourth-order valence-electron chi connectivity index (χ4n) is 2.17. The van der Waals surface area contributed by atoms with Crippen molar-refractivity contribution in [1.29, 1.82) is 0 Å². The van der Waals surface area contributed by atoms with Crippen molar-refractivity contribution in [3.8, 4) is 11.3 Å². The van der Waals surface area contributed by atoms with Crippen molar-refractivity contribution in [2.75, 3.05) is 11.9 Å². The van der Waals surface area contributed by atoms with Crippen LogP contribution in [0.1, 0.15) is 37.9 Å². The summed E-state index contributed by atoms with van der Waals surface area (Å²) in [6.07, 6.45) is 3.44. The number of rotatable bonds is 4. The third-order valence-electron chi connectivity index (χ3n) is 2.98. The summed E-state index contributed by atoms with van der Waals surface area (Å²) in [5, 5.41) is 3.32. The first kappa shape index (κ1) is 13.5. The Morgan fingerprint density at radius 2 is 2.00 bits per heavy atom. The SMILES string of the molecule is CCNc1ncnc(-c2ccnc(C)c2)c1C(C)C. The van der Waals surface area contributed by atoms with Crippen molar-refractivity contribution < 1.29 is 0 Å². The molecule has 2 heterocycles. The Balaban J connectivity index is 2.59. The van der Waals surface area contributed by atoms with Crippen molar-refractivity contribution in [2.24, 2.45) is 0 Å². The molecule has 0 aliphatic carbocycles. The zero-order valence-electron chi connectivity index (χ0n) is 11.9. The molecule has 0 aliphatic heterocycles. The predicted molar refractivity (Wildman–Crippen MR) is 78.3 cm³/mol. The van der Waals surface area contributed by atoms with Crippen LogP contribution in [-0.4, -0.2) is 21.5 Å². The molecule has 4 nitrogen and oxygen atoms in total. The van der Waals surface area contributed by atoms with Crippen LogP contribution in [0, 0.1) is 6.92 Å². The van der Waals surface area contributed by atoms with E-state index in [1.54, 1.807) is 6.33 Å². The van der Waals surface area contributed by atoms with Crippen molar-refractivity contribution in [2.45, 2.75) is 33.6 Å². The molecule has 0 spiro atoms. The number of hydrogen-bond acceptors (Lipinski definition) is 4. The van der Waals surface area contributed by atoms with Crippen LogP contribution in [0.25, 0.3) is 11.3 Å². The molecule has 0 unspecified atom stereocenters. The van der Waals surface area contributed by atoms with Crippen LogP contribution in [0.5, 0.6) is 0 Å². The topological polar surface area (TPSA) is 50.7 Å². The third-order valence-corrected chi connectivity index (χ3v) is 2.98. The molecule has 2 aromatic heterocycles. The summed E-state index contributed by atoms with van der Waals surface area (Å²) in [5.74, 6) is 1.29. The average Bonchev–Trinajstić information content (AvgIpc) is 2.38. The van der Waals surface area contributed by atoms with Gasteiger partial charge in [0.1, 0.15) is 12.1 Å². The van der Waals surface area contributed by atoms with Gasteiger partial charge < -0.3 is 5.32 Å². The van der Waals surface area contributed by atoms with Crippen LogP contribution in [-0.2, 0) is 0 Å². The number of pyridine rings is 1. The van der Waals surface area contributed by atoms with Crippen LogP contribution in [0.4, 0.5) is 5.82 Å². The molecule has 0 bridgehead atoms. The van der Waals surface area contributed by atoms with Gasteiger partial charge in [0.15, 0.2) is 0 Å². The maximum Gasteiger partial charge on any atom is 0.133 e. The van der Waals surface area contributed by atoms with Gasteiger partial charge in [0.05, 0.1) is 5.69 Å². The van der Waals surface area contributed by atoms with E-state index in [9.17, 15) is 0 Å². The lowest BCUT2D eigenvalue weighted by Crippen LogP contribution is -2.07. The molecule has 0 radical (unpaired) electrons. The number of hydrogen-bond donors (Lipinski definition) is 1. The molecule has 2 aromatic rings. The molecule has 1 N–H and O–H groups in total. The van der Waals surface area contributed by atoms with Gasteiger partial charge in [-0.3, -0.25) is 4.98 Å². The fourth-order valence-corrected chi connectivity index (χ4v) is 2.17. The highest BCUT2D eigenvalue weighted by molar-refractivity contribution is 5.69. The molecule has 0 saturated carbocycles. The Bertz CT molecular complexity index is 564. The van der Waals surface area contributed by atoms with E-state index in [2.05, 4.69) is 47.1 Å². The molecular weight excluding hydrogens is 236 g/mol. The smallest absolute Gasteiger partial charge is 0.133 e. The number of aromatic nitrogens is 3. The number of aryl methyl sites for hydroxylation is 1. The van der Waals surface area contributed by atoms with Crippen LogP contribution in [0.3, 0.4) is 0 Å². The van der Waals surface area contributed by atoms with Crippen LogP contribution >= 0.6 is 0 Å². The monoisotopic (exact) mass is 256 g/mol. The first-order valence-corrected chi connectivity index (χ1v) is 6.65. The van der Waals surface area contributed by atoms with E-state index in [0.717, 1.165) is 34.9 Å². The largest absolute Gasteiger partial charge is 0.370 e. The highest BCUT2D eigenvalue weighted by Crippen LogP contribution is 2.31. The minimum Gasteiger partial charge on any atom is -0.370 e. The third kappa shape index (κ3) is 2.89. The van der Waals surface area contributed by atoms with Crippen LogP contribution in [0.2, 0.25) is 0 Å². The van der Waals surface area contributed by atoms with Crippen LogP contribution in [0.15, 0.2) is 24.7 Å². The molecule has 100 valence electrons. The normalized spacial score (nSPS) is 10.8. The second-order valence-corrected chi connectivity index (χ2v) is 4.86. The molecule has 4 heteroatoms. The van der Waals surface area contributed by atoms with Gasteiger partial charge in [-0.15, -0.1) is 0 Å². The molecule has 0 aromatic carbocycles. The van der Waals surface area contributed by atoms with Gasteiger partial charge in [-0.1, -0.05) is 13.8 Å². The van der Waals surface area contributed by atoms with Gasteiger partial charge in [0.2, 0.25) is 0 Å². The first-order valence-electron chi connectivity index (χ1n) is 6.65. The van der Waals surface area contributed by atoms with Crippen LogP contribution < -0.4 is 5.32 Å². The van der Waals surface area contributed by atoms with E-state index in [-0.39, 0.29) is 0 Å². The Labute approximate surface area is 114 Å². The minimum absolute atomic E-state index is 0.360. The van der Waals surface area contributed by atoms with Gasteiger partial charge >= 0.3 is 0 Å². The van der Waals surface area contributed by atoms with Crippen molar-refractivity contribution in [3.05, 3.63) is 35.9 Å². The van der Waals surface area contributed by atoms with E-state index in [1.165, 1.54) is 0 Å². The van der Waals surface area contributed by atoms with E-state index < -0.39 is 0 Å². The molecule has 0 fully saturated rings. The van der Waals surface area contributed by atoms with Gasteiger partial charge in [0.25, 0.3) is 0 Å². The lowest BCUT2D eigenvalue weighted by atomic mass is 9.97. The molecule has 0 aliphatic rings. The fraction of sp³-hybridized carbons (Fsp3) is 0.400. The summed E-state index contributed by atoms with van der Waals surface area (Å²) < 4.78 is 0. The van der Waals surface area contributed by atoms with E-state index in [4.69, 9.17) is 0 Å². The summed E-state index contributed by atoms with van der Waals surface area (Å²) in [6.45, 7) is 9.24. The number of anilines is 1. The first-order chi connectivity index (χ1) is 9.13. The average molecular weight is 256 g/mol. The highest BCUT2D eigenvalue weighted by Gasteiger charge is 2.15. The van der Waals surface area contributed by atoms with Crippen molar-refractivity contribution in [1.82, 2.24) is 15.0 Å². The zero-order valence-corrected chi connectivity index (χ0v) is 11.9. The lowest BCUT2D eigenvalue weighted by Gasteiger charge is -2.16. The zero-order chi connectivity index (χ0) is 13.8. The molecule has 2 rings (SSSR count). The van der Waals surface area contributed by atoms with Gasteiger partial charge in [-0.25, -0.2) is 9.97 Å². The Kier molecular flexibility index (Phi) is 4.10. The molecule has 0 atom stereocenters. The summed E-state index contributed by atoms with van der Waals surface area (Å²) in [7, 11) is 0. The van der Waals surface area contributed by atoms with E-state index in [0.29, 0.717) is 5.92 Å². The summed E-state index contributed by atoms with van der Waals surface area (Å²) in [6, 6.07) is 4.06. The summed E-state index contributed by atoms with van der Waals surface area (Å²) in [5.41, 5.74) is 4.25. The van der Waals surface area contributed by atoms with E-state index in [1.807, 2.05) is 19.2 Å². The standard InChI is InChI=1S/C15H20N4/c1-5-16-15-13(10(2)3)14(18-9-19-15)12-6-7-17-11(4)8-12/h6-10H,5H2,1-4H3,(H,16,18,19). The van der Waals surface area contributed by atoms with Crippen molar-refractivity contribution >= 4 is 5.82 Å². The Morgan fingerprint density at radius 1 is 1.21 bits per heavy atom. The molecule has 0 amide bonds. The minimum atomic E-state index is 0.360. The highest BCUT2D eigenvalue weighted by atomic mass is 15.0. The summed E-state index contributed by atoms with van der Waals surface area (Å²) >= 11 is 0. The van der Waals surface area contributed by atoms with Gasteiger partial charge in [-0.2, -0.15) is 0 Å². The molecule has 19 heavy (non-hydrogen) atoms. The van der Waals surface area contributed by atoms with Gasteiger partial charge in [0, 0.05) is 29.6 Å². The number of nitrogens with one attached hydrogen (secondary N) is 1. The van der Waals surface area contributed by atoms with E-state index >= 15 is 0 Å².